The van der Waals surface area contributed by atoms with Crippen molar-refractivity contribution in [1.82, 2.24) is 0 Å². The molecular weight excluding hydrogens is 268 g/mol. The SMILES string of the molecule is CCC1(CC)CCN(c2ccc(C(C)N)cc2Cl)CC1. The molecule has 112 valence electrons. The van der Waals surface area contributed by atoms with Gasteiger partial charge in [0.2, 0.25) is 0 Å². The first kappa shape index (κ1) is 15.7. The molecule has 1 aliphatic rings. The van der Waals surface area contributed by atoms with E-state index in [9.17, 15) is 0 Å². The normalized spacial score (nSPS) is 19.9. The van der Waals surface area contributed by atoms with Crippen LogP contribution in [0.4, 0.5) is 5.69 Å². The van der Waals surface area contributed by atoms with Crippen molar-refractivity contribution in [2.75, 3.05) is 18.0 Å². The van der Waals surface area contributed by atoms with Crippen LogP contribution in [0.1, 0.15) is 58.1 Å². The maximum absolute atomic E-state index is 6.45. The Bertz CT molecular complexity index is 442. The highest BCUT2D eigenvalue weighted by molar-refractivity contribution is 6.33. The van der Waals surface area contributed by atoms with E-state index in [4.69, 9.17) is 17.3 Å². The lowest BCUT2D eigenvalue weighted by atomic mass is 9.74. The molecule has 1 aromatic rings. The summed E-state index contributed by atoms with van der Waals surface area (Å²) in [5.74, 6) is 0. The molecule has 0 bridgehead atoms. The summed E-state index contributed by atoms with van der Waals surface area (Å²) >= 11 is 6.45. The summed E-state index contributed by atoms with van der Waals surface area (Å²) in [6.45, 7) is 8.86. The number of hydrogen-bond donors (Lipinski definition) is 1. The lowest BCUT2D eigenvalue weighted by Gasteiger charge is -2.42. The Morgan fingerprint density at radius 2 is 1.85 bits per heavy atom. The van der Waals surface area contributed by atoms with Crippen LogP contribution in [0.5, 0.6) is 0 Å². The Balaban J connectivity index is 2.11. The smallest absolute Gasteiger partial charge is 0.0642 e. The van der Waals surface area contributed by atoms with Crippen LogP contribution < -0.4 is 10.6 Å². The van der Waals surface area contributed by atoms with E-state index in [2.05, 4.69) is 30.9 Å². The molecule has 1 fully saturated rings. The molecule has 1 unspecified atom stereocenters. The first-order valence-corrected chi connectivity index (χ1v) is 8.19. The highest BCUT2D eigenvalue weighted by Gasteiger charge is 2.31. The zero-order chi connectivity index (χ0) is 14.8. The van der Waals surface area contributed by atoms with Gasteiger partial charge in [0, 0.05) is 19.1 Å². The van der Waals surface area contributed by atoms with Crippen molar-refractivity contribution in [1.29, 1.82) is 0 Å². The van der Waals surface area contributed by atoms with Crippen molar-refractivity contribution in [3.05, 3.63) is 28.8 Å². The van der Waals surface area contributed by atoms with Crippen LogP contribution in [0, 0.1) is 5.41 Å². The second-order valence-corrected chi connectivity index (χ2v) is 6.60. The van der Waals surface area contributed by atoms with Gasteiger partial charge in [-0.15, -0.1) is 0 Å². The minimum absolute atomic E-state index is 0.0377. The molecule has 1 atom stereocenters. The minimum Gasteiger partial charge on any atom is -0.370 e. The minimum atomic E-state index is 0.0377. The fourth-order valence-electron chi connectivity index (χ4n) is 3.24. The standard InChI is InChI=1S/C17H27ClN2/c1-4-17(5-2)8-10-20(11-9-17)16-7-6-14(13(3)19)12-15(16)18/h6-7,12-13H,4-5,8-11,19H2,1-3H3. The molecule has 0 spiro atoms. The van der Waals surface area contributed by atoms with Crippen molar-refractivity contribution in [2.45, 2.75) is 52.5 Å². The number of anilines is 1. The lowest BCUT2D eigenvalue weighted by Crippen LogP contribution is -2.39. The molecule has 2 rings (SSSR count). The molecule has 1 heterocycles. The van der Waals surface area contributed by atoms with Gasteiger partial charge in [-0.05, 0) is 42.9 Å². The van der Waals surface area contributed by atoms with Gasteiger partial charge < -0.3 is 10.6 Å². The third kappa shape index (κ3) is 3.12. The number of piperidine rings is 1. The van der Waals surface area contributed by atoms with E-state index in [1.165, 1.54) is 25.7 Å². The predicted molar refractivity (Wildman–Crippen MR) is 88.5 cm³/mol. The number of rotatable bonds is 4. The van der Waals surface area contributed by atoms with Gasteiger partial charge in [0.25, 0.3) is 0 Å². The summed E-state index contributed by atoms with van der Waals surface area (Å²) < 4.78 is 0. The predicted octanol–water partition coefficient (Wildman–Crippen LogP) is 4.77. The molecule has 0 saturated carbocycles. The number of hydrogen-bond acceptors (Lipinski definition) is 2. The van der Waals surface area contributed by atoms with E-state index in [-0.39, 0.29) is 6.04 Å². The van der Waals surface area contributed by atoms with Gasteiger partial charge in [-0.25, -0.2) is 0 Å². The molecule has 0 radical (unpaired) electrons. The number of benzene rings is 1. The topological polar surface area (TPSA) is 29.3 Å². The number of nitrogens with two attached hydrogens (primary N) is 1. The van der Waals surface area contributed by atoms with Crippen LogP contribution in [0.2, 0.25) is 5.02 Å². The van der Waals surface area contributed by atoms with Crippen molar-refractivity contribution in [3.63, 3.8) is 0 Å². The van der Waals surface area contributed by atoms with Crippen molar-refractivity contribution < 1.29 is 0 Å². The molecule has 1 saturated heterocycles. The second-order valence-electron chi connectivity index (χ2n) is 6.19. The van der Waals surface area contributed by atoms with Crippen LogP contribution in [0.25, 0.3) is 0 Å². The Morgan fingerprint density at radius 1 is 1.25 bits per heavy atom. The highest BCUT2D eigenvalue weighted by atomic mass is 35.5. The first-order valence-electron chi connectivity index (χ1n) is 7.81. The summed E-state index contributed by atoms with van der Waals surface area (Å²) in [7, 11) is 0. The summed E-state index contributed by atoms with van der Waals surface area (Å²) in [4.78, 5) is 2.43. The third-order valence-electron chi connectivity index (χ3n) is 5.16. The van der Waals surface area contributed by atoms with Gasteiger partial charge in [-0.1, -0.05) is 44.4 Å². The molecule has 0 aliphatic carbocycles. The lowest BCUT2D eigenvalue weighted by molar-refractivity contribution is 0.199. The van der Waals surface area contributed by atoms with Gasteiger partial charge in [-0.2, -0.15) is 0 Å². The van der Waals surface area contributed by atoms with E-state index < -0.39 is 0 Å². The molecule has 1 aliphatic heterocycles. The quantitative estimate of drug-likeness (QED) is 0.867. The van der Waals surface area contributed by atoms with Gasteiger partial charge in [0.15, 0.2) is 0 Å². The van der Waals surface area contributed by atoms with E-state index in [0.29, 0.717) is 5.41 Å². The van der Waals surface area contributed by atoms with Crippen LogP contribution in [-0.2, 0) is 0 Å². The zero-order valence-electron chi connectivity index (χ0n) is 13.0. The molecule has 1 aromatic carbocycles. The molecule has 2 nitrogen and oxygen atoms in total. The Hall–Kier alpha value is -0.730. The van der Waals surface area contributed by atoms with Crippen LogP contribution >= 0.6 is 11.6 Å². The molecular formula is C17H27ClN2. The van der Waals surface area contributed by atoms with Crippen LogP contribution in [0.3, 0.4) is 0 Å². The fourth-order valence-corrected chi connectivity index (χ4v) is 3.55. The average Bonchev–Trinajstić information content (AvgIpc) is 2.47. The summed E-state index contributed by atoms with van der Waals surface area (Å²) in [6, 6.07) is 6.29. The molecule has 0 aromatic heterocycles. The summed E-state index contributed by atoms with van der Waals surface area (Å²) in [5.41, 5.74) is 8.73. The van der Waals surface area contributed by atoms with E-state index in [0.717, 1.165) is 29.4 Å². The first-order chi connectivity index (χ1) is 9.51. The maximum Gasteiger partial charge on any atom is 0.0642 e. The van der Waals surface area contributed by atoms with Gasteiger partial charge in [0.1, 0.15) is 0 Å². The van der Waals surface area contributed by atoms with Crippen molar-refractivity contribution in [3.8, 4) is 0 Å². The Labute approximate surface area is 128 Å². The molecule has 0 amide bonds. The summed E-state index contributed by atoms with van der Waals surface area (Å²) in [5, 5.41) is 0.834. The highest BCUT2D eigenvalue weighted by Crippen LogP contribution is 2.40. The van der Waals surface area contributed by atoms with E-state index in [1.807, 2.05) is 13.0 Å². The molecule has 20 heavy (non-hydrogen) atoms. The van der Waals surface area contributed by atoms with Crippen LogP contribution in [0.15, 0.2) is 18.2 Å². The third-order valence-corrected chi connectivity index (χ3v) is 5.47. The average molecular weight is 295 g/mol. The Morgan fingerprint density at radius 3 is 2.30 bits per heavy atom. The fraction of sp³-hybridized carbons (Fsp3) is 0.647. The molecule has 3 heteroatoms. The Kier molecular flexibility index (Phi) is 4.98. The number of halogens is 1. The van der Waals surface area contributed by atoms with Crippen molar-refractivity contribution >= 4 is 17.3 Å². The maximum atomic E-state index is 6.45. The van der Waals surface area contributed by atoms with E-state index >= 15 is 0 Å². The van der Waals surface area contributed by atoms with Gasteiger partial charge in [0.05, 0.1) is 10.7 Å². The number of nitrogens with zero attached hydrogens (tertiary/aromatic N) is 1. The van der Waals surface area contributed by atoms with E-state index in [1.54, 1.807) is 0 Å². The van der Waals surface area contributed by atoms with Gasteiger partial charge in [-0.3, -0.25) is 0 Å². The van der Waals surface area contributed by atoms with Gasteiger partial charge >= 0.3 is 0 Å². The van der Waals surface area contributed by atoms with Crippen LogP contribution in [-0.4, -0.2) is 13.1 Å². The van der Waals surface area contributed by atoms with Crippen molar-refractivity contribution in [2.24, 2.45) is 11.1 Å². The summed E-state index contributed by atoms with van der Waals surface area (Å²) in [6.07, 6.45) is 5.11. The second kappa shape index (κ2) is 6.36. The zero-order valence-corrected chi connectivity index (χ0v) is 13.7. The molecule has 2 N–H and O–H groups in total. The largest absolute Gasteiger partial charge is 0.370 e. The monoisotopic (exact) mass is 294 g/mol.